The van der Waals surface area contributed by atoms with Crippen LogP contribution in [0.15, 0.2) is 48.5 Å². The van der Waals surface area contributed by atoms with Gasteiger partial charge in [0.15, 0.2) is 0 Å². The number of hydrogen-bond acceptors (Lipinski definition) is 4. The lowest BCUT2D eigenvalue weighted by molar-refractivity contribution is -0.148. The highest BCUT2D eigenvalue weighted by molar-refractivity contribution is 7.99. The van der Waals surface area contributed by atoms with Crippen LogP contribution in [-0.2, 0) is 14.9 Å². The molecule has 0 aromatic heterocycles. The Bertz CT molecular complexity index is 890. The number of hydrogen-bond donors (Lipinski definition) is 0. The average molecular weight is 446 g/mol. The molecule has 160 valence electrons. The van der Waals surface area contributed by atoms with Gasteiger partial charge in [-0.1, -0.05) is 63.6 Å². The van der Waals surface area contributed by atoms with Crippen LogP contribution in [0.5, 0.6) is 0 Å². The van der Waals surface area contributed by atoms with Crippen LogP contribution in [0, 0.1) is 0 Å². The molecule has 0 aliphatic carbocycles. The molecular formula is C24H28ClNO3S. The Morgan fingerprint density at radius 2 is 1.73 bits per heavy atom. The van der Waals surface area contributed by atoms with Gasteiger partial charge in [-0.15, -0.1) is 11.8 Å². The summed E-state index contributed by atoms with van der Waals surface area (Å²) in [6.45, 7) is 8.81. The minimum atomic E-state index is -0.614. The Hall–Kier alpha value is -1.98. The summed E-state index contributed by atoms with van der Waals surface area (Å²) in [5.41, 5.74) is 2.78. The Morgan fingerprint density at radius 3 is 2.30 bits per heavy atom. The molecule has 0 N–H and O–H groups in total. The van der Waals surface area contributed by atoms with Crippen molar-refractivity contribution >= 4 is 35.2 Å². The normalized spacial score (nSPS) is 19.0. The maximum Gasteiger partial charge on any atom is 0.329 e. The van der Waals surface area contributed by atoms with Crippen LogP contribution in [0.3, 0.4) is 0 Å². The standard InChI is InChI=1S/C24H28ClNO3S/c1-5-14-29-23(28)20-15-30-22(17-6-10-18(11-7-17)24(2,3)4)26(20)21(27)16-8-12-19(25)13-9-16/h6-13,20,22H,5,14-15H2,1-4H3. The molecule has 1 aliphatic heterocycles. The number of esters is 1. The van der Waals surface area contributed by atoms with Crippen LogP contribution in [0.4, 0.5) is 0 Å². The zero-order valence-electron chi connectivity index (χ0n) is 17.9. The largest absolute Gasteiger partial charge is 0.464 e. The number of halogens is 1. The molecule has 1 aliphatic rings. The minimum Gasteiger partial charge on any atom is -0.464 e. The van der Waals surface area contributed by atoms with E-state index in [9.17, 15) is 9.59 Å². The van der Waals surface area contributed by atoms with Crippen molar-refractivity contribution in [2.24, 2.45) is 0 Å². The fourth-order valence-corrected chi connectivity index (χ4v) is 4.92. The van der Waals surface area contributed by atoms with Gasteiger partial charge in [0.25, 0.3) is 5.91 Å². The molecule has 2 aromatic rings. The predicted molar refractivity (Wildman–Crippen MR) is 123 cm³/mol. The second-order valence-electron chi connectivity index (χ2n) is 8.46. The van der Waals surface area contributed by atoms with Crippen molar-refractivity contribution in [2.45, 2.75) is 50.9 Å². The Labute approximate surface area is 187 Å². The molecule has 0 saturated carbocycles. The third kappa shape index (κ3) is 5.01. The van der Waals surface area contributed by atoms with E-state index in [0.29, 0.717) is 22.9 Å². The van der Waals surface area contributed by atoms with Crippen molar-refractivity contribution in [2.75, 3.05) is 12.4 Å². The first-order valence-corrected chi connectivity index (χ1v) is 11.6. The third-order valence-corrected chi connectivity index (χ3v) is 6.68. The Balaban J connectivity index is 1.93. The molecule has 0 spiro atoms. The van der Waals surface area contributed by atoms with Gasteiger partial charge in [0.05, 0.1) is 6.61 Å². The summed E-state index contributed by atoms with van der Waals surface area (Å²) in [6, 6.07) is 14.5. The van der Waals surface area contributed by atoms with Crippen LogP contribution in [-0.4, -0.2) is 35.2 Å². The van der Waals surface area contributed by atoms with E-state index < -0.39 is 6.04 Å². The lowest BCUT2D eigenvalue weighted by atomic mass is 9.86. The van der Waals surface area contributed by atoms with E-state index in [4.69, 9.17) is 16.3 Å². The number of carbonyl (C=O) groups excluding carboxylic acids is 2. The van der Waals surface area contributed by atoms with Crippen molar-refractivity contribution in [1.82, 2.24) is 4.90 Å². The first-order valence-electron chi connectivity index (χ1n) is 10.2. The highest BCUT2D eigenvalue weighted by Crippen LogP contribution is 2.43. The number of ether oxygens (including phenoxy) is 1. The van der Waals surface area contributed by atoms with Crippen molar-refractivity contribution in [1.29, 1.82) is 0 Å². The summed E-state index contributed by atoms with van der Waals surface area (Å²) >= 11 is 7.58. The van der Waals surface area contributed by atoms with Gasteiger partial charge in [-0.2, -0.15) is 0 Å². The van der Waals surface area contributed by atoms with E-state index in [-0.39, 0.29) is 22.7 Å². The first-order chi connectivity index (χ1) is 14.2. The summed E-state index contributed by atoms with van der Waals surface area (Å²) in [5, 5.41) is 0.317. The molecule has 0 radical (unpaired) electrons. The quantitative estimate of drug-likeness (QED) is 0.542. The number of benzene rings is 2. The highest BCUT2D eigenvalue weighted by Gasteiger charge is 2.43. The van der Waals surface area contributed by atoms with Crippen molar-refractivity contribution in [3.05, 3.63) is 70.2 Å². The molecule has 2 unspecified atom stereocenters. The molecule has 3 rings (SSSR count). The number of nitrogens with zero attached hydrogens (tertiary/aromatic N) is 1. The molecule has 2 aromatic carbocycles. The van der Waals surface area contributed by atoms with Gasteiger partial charge in [0.2, 0.25) is 0 Å². The summed E-state index contributed by atoms with van der Waals surface area (Å²) in [4.78, 5) is 27.8. The van der Waals surface area contributed by atoms with E-state index in [0.717, 1.165) is 12.0 Å². The van der Waals surface area contributed by atoms with E-state index in [1.54, 1.807) is 40.9 Å². The summed E-state index contributed by atoms with van der Waals surface area (Å²) < 4.78 is 5.39. The Kier molecular flexibility index (Phi) is 7.14. The molecule has 4 nitrogen and oxygen atoms in total. The topological polar surface area (TPSA) is 46.6 Å². The van der Waals surface area contributed by atoms with Gasteiger partial charge < -0.3 is 9.64 Å². The second kappa shape index (κ2) is 9.44. The van der Waals surface area contributed by atoms with Crippen LogP contribution in [0.25, 0.3) is 0 Å². The van der Waals surface area contributed by atoms with Gasteiger partial charge in [-0.3, -0.25) is 4.79 Å². The zero-order chi connectivity index (χ0) is 21.9. The third-order valence-electron chi connectivity index (χ3n) is 5.11. The van der Waals surface area contributed by atoms with E-state index in [1.165, 1.54) is 5.56 Å². The first kappa shape index (κ1) is 22.7. The SMILES string of the molecule is CCCOC(=O)C1CSC(c2ccc(C(C)(C)C)cc2)N1C(=O)c1ccc(Cl)cc1. The van der Waals surface area contributed by atoms with Crippen LogP contribution >= 0.6 is 23.4 Å². The second-order valence-corrected chi connectivity index (χ2v) is 10.0. The number of rotatable bonds is 5. The van der Waals surface area contributed by atoms with E-state index in [2.05, 4.69) is 45.0 Å². The fraction of sp³-hybridized carbons (Fsp3) is 0.417. The molecule has 30 heavy (non-hydrogen) atoms. The molecule has 0 bridgehead atoms. The minimum absolute atomic E-state index is 0.0483. The molecule has 6 heteroatoms. The summed E-state index contributed by atoms with van der Waals surface area (Å²) in [6.07, 6.45) is 0.744. The molecule has 1 saturated heterocycles. The Morgan fingerprint density at radius 1 is 1.10 bits per heavy atom. The van der Waals surface area contributed by atoms with Gasteiger partial charge in [0.1, 0.15) is 11.4 Å². The molecule has 1 heterocycles. The molecule has 2 atom stereocenters. The lowest BCUT2D eigenvalue weighted by Crippen LogP contribution is -2.44. The average Bonchev–Trinajstić information content (AvgIpc) is 3.16. The number of thioether (sulfide) groups is 1. The maximum absolute atomic E-state index is 13.4. The number of amides is 1. The fourth-order valence-electron chi connectivity index (χ4n) is 3.38. The number of carbonyl (C=O) groups is 2. The summed E-state index contributed by atoms with van der Waals surface area (Å²) in [7, 11) is 0. The lowest BCUT2D eigenvalue weighted by Gasteiger charge is -2.29. The van der Waals surface area contributed by atoms with Gasteiger partial charge in [-0.25, -0.2) is 4.79 Å². The summed E-state index contributed by atoms with van der Waals surface area (Å²) in [5.74, 6) is -0.0337. The van der Waals surface area contributed by atoms with Crippen molar-refractivity contribution in [3.63, 3.8) is 0 Å². The van der Waals surface area contributed by atoms with Crippen molar-refractivity contribution in [3.8, 4) is 0 Å². The van der Waals surface area contributed by atoms with Crippen molar-refractivity contribution < 1.29 is 14.3 Å². The van der Waals surface area contributed by atoms with E-state index in [1.807, 2.05) is 6.92 Å². The molecule has 1 fully saturated rings. The smallest absolute Gasteiger partial charge is 0.329 e. The van der Waals surface area contributed by atoms with Crippen LogP contribution in [0.2, 0.25) is 5.02 Å². The van der Waals surface area contributed by atoms with E-state index >= 15 is 0 Å². The van der Waals surface area contributed by atoms with Gasteiger partial charge >= 0.3 is 5.97 Å². The maximum atomic E-state index is 13.4. The molecule has 1 amide bonds. The van der Waals surface area contributed by atoms with Gasteiger partial charge in [-0.05, 0) is 47.2 Å². The highest BCUT2D eigenvalue weighted by atomic mass is 35.5. The monoisotopic (exact) mass is 445 g/mol. The molecular weight excluding hydrogens is 418 g/mol. The van der Waals surface area contributed by atoms with Crippen LogP contribution < -0.4 is 0 Å². The zero-order valence-corrected chi connectivity index (χ0v) is 19.4. The van der Waals surface area contributed by atoms with Gasteiger partial charge in [0, 0.05) is 16.3 Å². The predicted octanol–water partition coefficient (Wildman–Crippen LogP) is 5.85. The van der Waals surface area contributed by atoms with Crippen LogP contribution in [0.1, 0.15) is 61.0 Å².